The van der Waals surface area contributed by atoms with Gasteiger partial charge in [-0.1, -0.05) is 107 Å². The molecule has 42 heavy (non-hydrogen) atoms. The van der Waals surface area contributed by atoms with Gasteiger partial charge in [-0.2, -0.15) is 0 Å². The Balaban J connectivity index is 1.33. The van der Waals surface area contributed by atoms with E-state index < -0.39 is 5.41 Å². The van der Waals surface area contributed by atoms with Crippen molar-refractivity contribution < 1.29 is 4.42 Å². The second kappa shape index (κ2) is 9.10. The number of halogens is 2. The number of fused-ring (bicyclic) bond motifs is 10. The predicted molar refractivity (Wildman–Crippen MR) is 176 cm³/mol. The second-order valence-electron chi connectivity index (χ2n) is 12.2. The molecule has 0 atom stereocenters. The van der Waals surface area contributed by atoms with Gasteiger partial charge in [0.05, 0.1) is 5.41 Å². The van der Waals surface area contributed by atoms with Crippen LogP contribution in [0.2, 0.25) is 0 Å². The van der Waals surface area contributed by atoms with Crippen LogP contribution in [0, 0.1) is 0 Å². The van der Waals surface area contributed by atoms with Crippen LogP contribution in [0.15, 0.2) is 116 Å². The fraction of sp³-hybridized carbons (Fsp3) is 0.135. The van der Waals surface area contributed by atoms with E-state index in [1.54, 1.807) is 0 Å². The van der Waals surface area contributed by atoms with Gasteiger partial charge in [-0.25, -0.2) is 0 Å². The van der Waals surface area contributed by atoms with Gasteiger partial charge in [0.1, 0.15) is 0 Å². The summed E-state index contributed by atoms with van der Waals surface area (Å²) in [5, 5.41) is 8.95. The molecule has 0 saturated heterocycles. The van der Waals surface area contributed by atoms with Crippen LogP contribution in [0.3, 0.4) is 0 Å². The highest BCUT2D eigenvalue weighted by atomic mass is 79.9. The van der Waals surface area contributed by atoms with Gasteiger partial charge in [0.15, 0.2) is 0 Å². The van der Waals surface area contributed by atoms with Crippen molar-refractivity contribution in [1.29, 1.82) is 0 Å². The van der Waals surface area contributed by atoms with Crippen LogP contribution >= 0.6 is 31.9 Å². The first-order chi connectivity index (χ1) is 20.2. The highest BCUT2D eigenvalue weighted by molar-refractivity contribution is 9.10. The van der Waals surface area contributed by atoms with Crippen molar-refractivity contribution in [3.63, 3.8) is 0 Å². The summed E-state index contributed by atoms with van der Waals surface area (Å²) in [6.07, 6.45) is 0. The molecule has 1 spiro atoms. The van der Waals surface area contributed by atoms with Crippen molar-refractivity contribution >= 4 is 31.9 Å². The Morgan fingerprint density at radius 1 is 0.548 bits per heavy atom. The smallest absolute Gasteiger partial charge is 0.248 e. The third kappa shape index (κ3) is 3.63. The Bertz CT molecular complexity index is 2000. The van der Waals surface area contributed by atoms with Crippen molar-refractivity contribution in [2.75, 3.05) is 0 Å². The molecule has 0 fully saturated rings. The molecule has 2 aliphatic rings. The largest absolute Gasteiger partial charge is 0.416 e. The van der Waals surface area contributed by atoms with Gasteiger partial charge in [0, 0.05) is 20.1 Å². The molecule has 5 aromatic carbocycles. The van der Waals surface area contributed by atoms with Gasteiger partial charge < -0.3 is 4.42 Å². The average molecular weight is 674 g/mol. The van der Waals surface area contributed by atoms with Crippen molar-refractivity contribution in [3.05, 3.63) is 140 Å². The van der Waals surface area contributed by atoms with Crippen LogP contribution in [-0.2, 0) is 10.8 Å². The molecule has 5 heteroatoms. The Morgan fingerprint density at radius 3 is 1.67 bits per heavy atom. The average Bonchev–Trinajstić information content (AvgIpc) is 3.66. The van der Waals surface area contributed by atoms with Crippen LogP contribution in [-0.4, -0.2) is 10.2 Å². The molecule has 0 bridgehead atoms. The maximum atomic E-state index is 6.31. The van der Waals surface area contributed by atoms with E-state index in [1.165, 1.54) is 50.1 Å². The van der Waals surface area contributed by atoms with Crippen LogP contribution in [0.25, 0.3) is 45.2 Å². The highest BCUT2D eigenvalue weighted by Gasteiger charge is 2.52. The summed E-state index contributed by atoms with van der Waals surface area (Å²) in [5.41, 5.74) is 12.8. The van der Waals surface area contributed by atoms with Crippen molar-refractivity contribution in [3.8, 4) is 45.2 Å². The molecule has 0 unspecified atom stereocenters. The monoisotopic (exact) mass is 672 g/mol. The molecule has 1 heterocycles. The topological polar surface area (TPSA) is 38.9 Å². The summed E-state index contributed by atoms with van der Waals surface area (Å²) in [6, 6.07) is 37.1. The van der Waals surface area contributed by atoms with Gasteiger partial charge in [-0.15, -0.1) is 10.2 Å². The first-order valence-corrected chi connectivity index (χ1v) is 15.6. The van der Waals surface area contributed by atoms with Crippen molar-refractivity contribution in [2.24, 2.45) is 0 Å². The molecular weight excluding hydrogens is 648 g/mol. The predicted octanol–water partition coefficient (Wildman–Crippen LogP) is 10.6. The van der Waals surface area contributed by atoms with Gasteiger partial charge in [-0.05, 0) is 104 Å². The van der Waals surface area contributed by atoms with Crippen LogP contribution in [0.5, 0.6) is 0 Å². The van der Waals surface area contributed by atoms with Crippen LogP contribution in [0.1, 0.15) is 48.6 Å². The van der Waals surface area contributed by atoms with E-state index in [0.29, 0.717) is 11.8 Å². The van der Waals surface area contributed by atoms with E-state index in [2.05, 4.69) is 166 Å². The lowest BCUT2D eigenvalue weighted by molar-refractivity contribution is 0.582. The van der Waals surface area contributed by atoms with Gasteiger partial charge in [0.2, 0.25) is 11.8 Å². The molecule has 0 radical (unpaired) electrons. The van der Waals surface area contributed by atoms with Gasteiger partial charge in [-0.3, -0.25) is 0 Å². The van der Waals surface area contributed by atoms with E-state index in [9.17, 15) is 0 Å². The summed E-state index contributed by atoms with van der Waals surface area (Å²) in [5.74, 6) is 1.04. The fourth-order valence-electron chi connectivity index (χ4n) is 6.83. The SMILES string of the molecule is CC(C)(C)c1ccc(-c2nnc(-c3ccc4c(c3)C3(c5ccccc5-4)c4cc(Br)ccc4-c4ccc(Br)cc43)o2)cc1. The van der Waals surface area contributed by atoms with Crippen LogP contribution in [0.4, 0.5) is 0 Å². The summed E-state index contributed by atoms with van der Waals surface area (Å²) in [6.45, 7) is 6.64. The normalized spacial score (nSPS) is 14.0. The van der Waals surface area contributed by atoms with E-state index in [0.717, 1.165) is 20.1 Å². The number of nitrogens with zero attached hydrogens (tertiary/aromatic N) is 2. The molecule has 2 aliphatic carbocycles. The van der Waals surface area contributed by atoms with E-state index in [-0.39, 0.29) is 5.41 Å². The first kappa shape index (κ1) is 25.9. The molecule has 0 aliphatic heterocycles. The van der Waals surface area contributed by atoms with Crippen molar-refractivity contribution in [1.82, 2.24) is 10.2 Å². The number of hydrogen-bond acceptors (Lipinski definition) is 3. The lowest BCUT2D eigenvalue weighted by atomic mass is 9.70. The molecule has 0 saturated carbocycles. The molecule has 0 N–H and O–H groups in total. The van der Waals surface area contributed by atoms with Gasteiger partial charge in [0.25, 0.3) is 0 Å². The third-order valence-electron chi connectivity index (χ3n) is 8.78. The Kier molecular flexibility index (Phi) is 5.60. The zero-order chi connectivity index (χ0) is 28.8. The standard InChI is InChI=1S/C37H26Br2N2O/c1-36(2,3)23-11-8-21(9-12-23)34-40-41-35(42-34)22-10-15-27-26-6-4-5-7-30(26)37(31(27)18-22)32-19-24(38)13-16-28(32)29-17-14-25(39)20-33(29)37/h4-20H,1-3H3. The molecule has 3 nitrogen and oxygen atoms in total. The Labute approximate surface area is 261 Å². The van der Waals surface area contributed by atoms with E-state index >= 15 is 0 Å². The minimum Gasteiger partial charge on any atom is -0.416 e. The molecular formula is C37H26Br2N2O. The second-order valence-corrected chi connectivity index (χ2v) is 14.0. The minimum atomic E-state index is -0.466. The molecule has 1 aromatic heterocycles. The molecule has 8 rings (SSSR count). The summed E-state index contributed by atoms with van der Waals surface area (Å²) in [4.78, 5) is 0. The quantitative estimate of drug-likeness (QED) is 0.183. The number of benzene rings is 5. The summed E-state index contributed by atoms with van der Waals surface area (Å²) >= 11 is 7.57. The zero-order valence-electron chi connectivity index (χ0n) is 23.4. The zero-order valence-corrected chi connectivity index (χ0v) is 26.5. The van der Waals surface area contributed by atoms with E-state index in [1.807, 2.05) is 0 Å². The lowest BCUT2D eigenvalue weighted by Gasteiger charge is -2.30. The highest BCUT2D eigenvalue weighted by Crippen LogP contribution is 2.63. The Morgan fingerprint density at radius 2 is 1.05 bits per heavy atom. The summed E-state index contributed by atoms with van der Waals surface area (Å²) in [7, 11) is 0. The van der Waals surface area contributed by atoms with Crippen LogP contribution < -0.4 is 0 Å². The summed E-state index contributed by atoms with van der Waals surface area (Å²) < 4.78 is 8.44. The third-order valence-corrected chi connectivity index (χ3v) is 9.76. The fourth-order valence-corrected chi connectivity index (χ4v) is 7.55. The van der Waals surface area contributed by atoms with Gasteiger partial charge >= 0.3 is 0 Å². The Hall–Kier alpha value is -3.80. The maximum absolute atomic E-state index is 6.31. The maximum Gasteiger partial charge on any atom is 0.248 e. The number of rotatable bonds is 2. The molecule has 0 amide bonds. The number of hydrogen-bond donors (Lipinski definition) is 0. The lowest BCUT2D eigenvalue weighted by Crippen LogP contribution is -2.26. The first-order valence-electron chi connectivity index (χ1n) is 14.0. The number of aromatic nitrogens is 2. The molecule has 204 valence electrons. The van der Waals surface area contributed by atoms with E-state index in [4.69, 9.17) is 4.42 Å². The minimum absolute atomic E-state index is 0.0825. The molecule has 6 aromatic rings. The van der Waals surface area contributed by atoms with Crippen molar-refractivity contribution in [2.45, 2.75) is 31.6 Å².